The summed E-state index contributed by atoms with van der Waals surface area (Å²) in [6.07, 6.45) is 1.87. The monoisotopic (exact) mass is 268 g/mol. The number of phenols is 1. The van der Waals surface area contributed by atoms with Gasteiger partial charge in [-0.05, 0) is 44.5 Å². The van der Waals surface area contributed by atoms with Crippen LogP contribution >= 0.6 is 11.6 Å². The van der Waals surface area contributed by atoms with Crippen molar-refractivity contribution in [3.8, 4) is 5.75 Å². The lowest BCUT2D eigenvalue weighted by atomic mass is 9.82. The standard InChI is InChI=1S/C13H17ClN2O2/c1-13(5-2-6-15-8-13)12(18)16-9-3-4-11(17)10(14)7-9/h3-4,7,15,17H,2,5-6,8H2,1H3,(H,16,18). The van der Waals surface area contributed by atoms with Crippen LogP contribution in [0.4, 0.5) is 5.69 Å². The molecular formula is C13H17ClN2O2. The Bertz CT molecular complexity index is 456. The van der Waals surface area contributed by atoms with Crippen molar-refractivity contribution < 1.29 is 9.90 Å². The molecule has 18 heavy (non-hydrogen) atoms. The van der Waals surface area contributed by atoms with Gasteiger partial charge in [0.15, 0.2) is 0 Å². The van der Waals surface area contributed by atoms with Crippen molar-refractivity contribution in [2.24, 2.45) is 5.41 Å². The van der Waals surface area contributed by atoms with Crippen LogP contribution < -0.4 is 10.6 Å². The van der Waals surface area contributed by atoms with Gasteiger partial charge in [-0.25, -0.2) is 0 Å². The third kappa shape index (κ3) is 2.76. The molecule has 2 rings (SSSR count). The number of halogens is 1. The number of hydrogen-bond donors (Lipinski definition) is 3. The van der Waals surface area contributed by atoms with Crippen LogP contribution in [0.1, 0.15) is 19.8 Å². The molecule has 3 N–H and O–H groups in total. The molecule has 1 saturated heterocycles. The van der Waals surface area contributed by atoms with Gasteiger partial charge in [0.1, 0.15) is 5.75 Å². The van der Waals surface area contributed by atoms with E-state index in [0.717, 1.165) is 19.4 Å². The van der Waals surface area contributed by atoms with E-state index in [1.807, 2.05) is 6.92 Å². The minimum absolute atomic E-state index is 0.0141. The molecule has 1 fully saturated rings. The minimum atomic E-state index is -0.386. The van der Waals surface area contributed by atoms with Crippen molar-refractivity contribution in [1.82, 2.24) is 5.32 Å². The minimum Gasteiger partial charge on any atom is -0.506 e. The highest BCUT2D eigenvalue weighted by atomic mass is 35.5. The summed E-state index contributed by atoms with van der Waals surface area (Å²) in [6, 6.07) is 4.66. The summed E-state index contributed by atoms with van der Waals surface area (Å²) in [5.74, 6) is -0.00309. The number of carbonyl (C=O) groups is 1. The summed E-state index contributed by atoms with van der Waals surface area (Å²) in [5, 5.41) is 15.6. The summed E-state index contributed by atoms with van der Waals surface area (Å²) in [6.45, 7) is 3.61. The van der Waals surface area contributed by atoms with Crippen LogP contribution in [-0.2, 0) is 4.79 Å². The summed E-state index contributed by atoms with van der Waals surface area (Å²) >= 11 is 5.80. The lowest BCUT2D eigenvalue weighted by Gasteiger charge is -2.32. The molecule has 0 bridgehead atoms. The van der Waals surface area contributed by atoms with Crippen LogP contribution in [0.5, 0.6) is 5.75 Å². The van der Waals surface area contributed by atoms with Crippen molar-refractivity contribution in [3.05, 3.63) is 23.2 Å². The number of carbonyl (C=O) groups excluding carboxylic acids is 1. The highest BCUT2D eigenvalue weighted by Crippen LogP contribution is 2.30. The third-order valence-electron chi connectivity index (χ3n) is 3.35. The zero-order chi connectivity index (χ0) is 13.2. The first-order chi connectivity index (χ1) is 8.51. The van der Waals surface area contributed by atoms with Gasteiger partial charge in [-0.15, -0.1) is 0 Å². The Morgan fingerprint density at radius 3 is 2.94 bits per heavy atom. The fraction of sp³-hybridized carbons (Fsp3) is 0.462. The van der Waals surface area contributed by atoms with Crippen LogP contribution in [0.15, 0.2) is 18.2 Å². The Hall–Kier alpha value is -1.26. The number of piperidine rings is 1. The number of aromatic hydroxyl groups is 1. The Morgan fingerprint density at radius 2 is 2.33 bits per heavy atom. The first-order valence-electron chi connectivity index (χ1n) is 6.02. The lowest BCUT2D eigenvalue weighted by Crippen LogP contribution is -2.46. The predicted molar refractivity (Wildman–Crippen MR) is 72.0 cm³/mol. The van der Waals surface area contributed by atoms with Crippen LogP contribution in [0, 0.1) is 5.41 Å². The maximum Gasteiger partial charge on any atom is 0.231 e. The van der Waals surface area contributed by atoms with E-state index in [4.69, 9.17) is 11.6 Å². The Morgan fingerprint density at radius 1 is 1.56 bits per heavy atom. The van der Waals surface area contributed by atoms with E-state index in [0.29, 0.717) is 12.2 Å². The van der Waals surface area contributed by atoms with E-state index in [9.17, 15) is 9.90 Å². The first kappa shape index (κ1) is 13.2. The van der Waals surface area contributed by atoms with Gasteiger partial charge >= 0.3 is 0 Å². The molecule has 5 heteroatoms. The van der Waals surface area contributed by atoms with E-state index in [1.54, 1.807) is 12.1 Å². The average Bonchev–Trinajstić information content (AvgIpc) is 2.35. The van der Waals surface area contributed by atoms with Gasteiger partial charge in [-0.1, -0.05) is 11.6 Å². The molecule has 0 saturated carbocycles. The van der Waals surface area contributed by atoms with Crippen LogP contribution in [0.3, 0.4) is 0 Å². The molecule has 4 nitrogen and oxygen atoms in total. The molecule has 98 valence electrons. The van der Waals surface area contributed by atoms with E-state index in [2.05, 4.69) is 10.6 Å². The maximum atomic E-state index is 12.2. The molecular weight excluding hydrogens is 252 g/mol. The van der Waals surface area contributed by atoms with E-state index < -0.39 is 0 Å². The quantitative estimate of drug-likeness (QED) is 0.722. The smallest absolute Gasteiger partial charge is 0.231 e. The van der Waals surface area contributed by atoms with Gasteiger partial charge in [0, 0.05) is 12.2 Å². The number of phenolic OH excluding ortho intramolecular Hbond substituents is 1. The SMILES string of the molecule is CC1(C(=O)Nc2ccc(O)c(Cl)c2)CCCNC1. The van der Waals surface area contributed by atoms with Gasteiger partial charge in [0.25, 0.3) is 0 Å². The zero-order valence-corrected chi connectivity index (χ0v) is 11.0. The van der Waals surface area contributed by atoms with Gasteiger partial charge in [0.2, 0.25) is 5.91 Å². The fourth-order valence-corrected chi connectivity index (χ4v) is 2.30. The Kier molecular flexibility index (Phi) is 3.78. The van der Waals surface area contributed by atoms with Crippen molar-refractivity contribution in [2.75, 3.05) is 18.4 Å². The molecule has 0 aliphatic carbocycles. The van der Waals surface area contributed by atoms with Crippen LogP contribution in [-0.4, -0.2) is 24.1 Å². The Balaban J connectivity index is 2.08. The number of amides is 1. The molecule has 1 aromatic carbocycles. The molecule has 1 aromatic rings. The van der Waals surface area contributed by atoms with Crippen molar-refractivity contribution in [2.45, 2.75) is 19.8 Å². The molecule has 1 aliphatic heterocycles. The molecule has 1 amide bonds. The predicted octanol–water partition coefficient (Wildman–Crippen LogP) is 2.37. The average molecular weight is 269 g/mol. The number of anilines is 1. The molecule has 0 spiro atoms. The number of nitrogens with one attached hydrogen (secondary N) is 2. The third-order valence-corrected chi connectivity index (χ3v) is 3.65. The summed E-state index contributed by atoms with van der Waals surface area (Å²) in [4.78, 5) is 12.2. The summed E-state index contributed by atoms with van der Waals surface area (Å²) in [7, 11) is 0. The molecule has 1 heterocycles. The van der Waals surface area contributed by atoms with Crippen molar-refractivity contribution >= 4 is 23.2 Å². The first-order valence-corrected chi connectivity index (χ1v) is 6.40. The maximum absolute atomic E-state index is 12.2. The van der Waals surface area contributed by atoms with E-state index in [-0.39, 0.29) is 22.1 Å². The molecule has 0 radical (unpaired) electrons. The second kappa shape index (κ2) is 5.16. The number of rotatable bonds is 2. The fourth-order valence-electron chi connectivity index (χ4n) is 2.12. The highest BCUT2D eigenvalue weighted by molar-refractivity contribution is 6.32. The van der Waals surface area contributed by atoms with Gasteiger partial charge in [-0.3, -0.25) is 4.79 Å². The van der Waals surface area contributed by atoms with Gasteiger partial charge in [0.05, 0.1) is 10.4 Å². The summed E-state index contributed by atoms with van der Waals surface area (Å²) in [5.41, 5.74) is 0.220. The highest BCUT2D eigenvalue weighted by Gasteiger charge is 2.34. The largest absolute Gasteiger partial charge is 0.506 e. The van der Waals surface area contributed by atoms with E-state index >= 15 is 0 Å². The normalized spacial score (nSPS) is 23.7. The number of benzene rings is 1. The zero-order valence-electron chi connectivity index (χ0n) is 10.3. The molecule has 0 aromatic heterocycles. The molecule has 1 atom stereocenters. The second-order valence-corrected chi connectivity index (χ2v) is 5.37. The van der Waals surface area contributed by atoms with Crippen LogP contribution in [0.25, 0.3) is 0 Å². The summed E-state index contributed by atoms with van der Waals surface area (Å²) < 4.78 is 0. The molecule has 1 unspecified atom stereocenters. The second-order valence-electron chi connectivity index (χ2n) is 4.96. The van der Waals surface area contributed by atoms with Gasteiger partial charge in [-0.2, -0.15) is 0 Å². The van der Waals surface area contributed by atoms with Gasteiger partial charge < -0.3 is 15.7 Å². The van der Waals surface area contributed by atoms with Crippen LogP contribution in [0.2, 0.25) is 5.02 Å². The van der Waals surface area contributed by atoms with Crippen molar-refractivity contribution in [3.63, 3.8) is 0 Å². The van der Waals surface area contributed by atoms with E-state index in [1.165, 1.54) is 6.07 Å². The molecule has 1 aliphatic rings. The van der Waals surface area contributed by atoms with Crippen molar-refractivity contribution in [1.29, 1.82) is 0 Å². The topological polar surface area (TPSA) is 61.4 Å². The Labute approximate surface area is 111 Å². The number of hydrogen-bond acceptors (Lipinski definition) is 3. The lowest BCUT2D eigenvalue weighted by molar-refractivity contribution is -0.125.